The SMILES string of the molecule is C[C@@H](NC(=O)COc1ccccc1C#N)c1ccc(Cl)cc1Cl. The summed E-state index contributed by atoms with van der Waals surface area (Å²) >= 11 is 12.0. The van der Waals surface area contributed by atoms with Crippen molar-refractivity contribution in [2.75, 3.05) is 6.61 Å². The molecule has 4 nitrogen and oxygen atoms in total. The molecule has 0 heterocycles. The van der Waals surface area contributed by atoms with Crippen LogP contribution in [0.1, 0.15) is 24.1 Å². The summed E-state index contributed by atoms with van der Waals surface area (Å²) in [5.74, 6) is 0.0681. The number of rotatable bonds is 5. The first-order chi connectivity index (χ1) is 11.0. The first-order valence-electron chi connectivity index (χ1n) is 6.87. The average molecular weight is 349 g/mol. The summed E-state index contributed by atoms with van der Waals surface area (Å²) in [7, 11) is 0. The van der Waals surface area contributed by atoms with Gasteiger partial charge in [0.25, 0.3) is 5.91 Å². The second-order valence-electron chi connectivity index (χ2n) is 4.85. The predicted octanol–water partition coefficient (Wildman–Crippen LogP) is 4.12. The third-order valence-electron chi connectivity index (χ3n) is 3.17. The molecule has 0 fully saturated rings. The molecule has 118 valence electrons. The Morgan fingerprint density at radius 1 is 1.30 bits per heavy atom. The zero-order valence-electron chi connectivity index (χ0n) is 12.3. The van der Waals surface area contributed by atoms with E-state index in [-0.39, 0.29) is 18.6 Å². The third-order valence-corrected chi connectivity index (χ3v) is 3.74. The maximum Gasteiger partial charge on any atom is 0.258 e. The number of carbonyl (C=O) groups is 1. The number of ether oxygens (including phenoxy) is 1. The van der Waals surface area contributed by atoms with Crippen molar-refractivity contribution in [3.8, 4) is 11.8 Å². The van der Waals surface area contributed by atoms with Gasteiger partial charge in [-0.05, 0) is 36.8 Å². The number of hydrogen-bond acceptors (Lipinski definition) is 3. The molecule has 1 amide bonds. The van der Waals surface area contributed by atoms with Crippen LogP contribution in [0.15, 0.2) is 42.5 Å². The van der Waals surface area contributed by atoms with Crippen LogP contribution in [0, 0.1) is 11.3 Å². The standard InChI is InChI=1S/C17H14Cl2N2O2/c1-11(14-7-6-13(18)8-15(14)19)21-17(22)10-23-16-5-3-2-4-12(16)9-20/h2-8,11H,10H2,1H3,(H,21,22)/t11-/m1/s1. The quantitative estimate of drug-likeness (QED) is 0.883. The van der Waals surface area contributed by atoms with Crippen molar-refractivity contribution in [2.45, 2.75) is 13.0 Å². The van der Waals surface area contributed by atoms with Gasteiger partial charge in [0.05, 0.1) is 11.6 Å². The summed E-state index contributed by atoms with van der Waals surface area (Å²) < 4.78 is 5.39. The van der Waals surface area contributed by atoms with E-state index in [9.17, 15) is 4.79 Å². The van der Waals surface area contributed by atoms with Crippen LogP contribution < -0.4 is 10.1 Å². The van der Waals surface area contributed by atoms with Crippen LogP contribution in [0.5, 0.6) is 5.75 Å². The maximum absolute atomic E-state index is 12.0. The number of nitriles is 1. The van der Waals surface area contributed by atoms with Crippen LogP contribution in [-0.2, 0) is 4.79 Å². The van der Waals surface area contributed by atoms with E-state index in [2.05, 4.69) is 5.32 Å². The minimum atomic E-state index is -0.309. The van der Waals surface area contributed by atoms with Crippen LogP contribution in [0.3, 0.4) is 0 Å². The first-order valence-corrected chi connectivity index (χ1v) is 7.63. The molecule has 0 bridgehead atoms. The second-order valence-corrected chi connectivity index (χ2v) is 5.70. The van der Waals surface area contributed by atoms with Gasteiger partial charge in [0.15, 0.2) is 6.61 Å². The summed E-state index contributed by atoms with van der Waals surface area (Å²) in [6.45, 7) is 1.63. The van der Waals surface area contributed by atoms with Gasteiger partial charge in [0.2, 0.25) is 0 Å². The van der Waals surface area contributed by atoms with Crippen molar-refractivity contribution in [1.82, 2.24) is 5.32 Å². The van der Waals surface area contributed by atoms with E-state index in [1.807, 2.05) is 13.0 Å². The zero-order valence-corrected chi connectivity index (χ0v) is 13.9. The van der Waals surface area contributed by atoms with Crippen molar-refractivity contribution >= 4 is 29.1 Å². The Morgan fingerprint density at radius 3 is 2.74 bits per heavy atom. The van der Waals surface area contributed by atoms with Gasteiger partial charge in [-0.1, -0.05) is 41.4 Å². The summed E-state index contributed by atoms with van der Waals surface area (Å²) in [5, 5.41) is 12.8. The molecule has 0 aliphatic heterocycles. The van der Waals surface area contributed by atoms with E-state index in [0.29, 0.717) is 21.4 Å². The van der Waals surface area contributed by atoms with Crippen LogP contribution in [0.25, 0.3) is 0 Å². The molecule has 1 N–H and O–H groups in total. The fraction of sp³-hybridized carbons (Fsp3) is 0.176. The van der Waals surface area contributed by atoms with Crippen molar-refractivity contribution in [1.29, 1.82) is 5.26 Å². The smallest absolute Gasteiger partial charge is 0.258 e. The molecule has 6 heteroatoms. The maximum atomic E-state index is 12.0. The Kier molecular flexibility index (Phi) is 5.86. The lowest BCUT2D eigenvalue weighted by Crippen LogP contribution is -2.31. The summed E-state index contributed by atoms with van der Waals surface area (Å²) in [4.78, 5) is 12.0. The van der Waals surface area contributed by atoms with Crippen molar-refractivity contribution in [2.24, 2.45) is 0 Å². The van der Waals surface area contributed by atoms with Gasteiger partial charge in [0.1, 0.15) is 11.8 Å². The molecular formula is C17H14Cl2N2O2. The largest absolute Gasteiger partial charge is 0.482 e. The molecule has 2 aromatic rings. The monoisotopic (exact) mass is 348 g/mol. The average Bonchev–Trinajstić information content (AvgIpc) is 2.53. The number of nitrogens with zero attached hydrogens (tertiary/aromatic N) is 1. The first kappa shape index (κ1) is 17.1. The lowest BCUT2D eigenvalue weighted by atomic mass is 10.1. The predicted molar refractivity (Wildman–Crippen MR) is 89.7 cm³/mol. The summed E-state index contributed by atoms with van der Waals surface area (Å²) in [5.41, 5.74) is 1.15. The number of carbonyl (C=O) groups excluding carboxylic acids is 1. The van der Waals surface area contributed by atoms with Crippen LogP contribution in [0.2, 0.25) is 10.0 Å². The van der Waals surface area contributed by atoms with E-state index in [4.69, 9.17) is 33.2 Å². The minimum Gasteiger partial charge on any atom is -0.482 e. The number of nitrogens with one attached hydrogen (secondary N) is 1. The number of halogens is 2. The molecular weight excluding hydrogens is 335 g/mol. The van der Waals surface area contributed by atoms with E-state index >= 15 is 0 Å². The lowest BCUT2D eigenvalue weighted by Gasteiger charge is -2.16. The number of hydrogen-bond donors (Lipinski definition) is 1. The van der Waals surface area contributed by atoms with Gasteiger partial charge in [0, 0.05) is 10.0 Å². The second kappa shape index (κ2) is 7.87. The molecule has 0 saturated carbocycles. The van der Waals surface area contributed by atoms with Gasteiger partial charge in [-0.3, -0.25) is 4.79 Å². The zero-order chi connectivity index (χ0) is 16.8. The number of benzene rings is 2. The Balaban J connectivity index is 1.95. The Morgan fingerprint density at radius 2 is 2.04 bits per heavy atom. The topological polar surface area (TPSA) is 62.1 Å². The van der Waals surface area contributed by atoms with Crippen LogP contribution >= 0.6 is 23.2 Å². The Labute approximate surface area is 144 Å². The van der Waals surface area contributed by atoms with Crippen molar-refractivity contribution in [3.05, 3.63) is 63.6 Å². The molecule has 1 atom stereocenters. The summed E-state index contributed by atoms with van der Waals surface area (Å²) in [6.07, 6.45) is 0. The molecule has 23 heavy (non-hydrogen) atoms. The third kappa shape index (κ3) is 4.62. The van der Waals surface area contributed by atoms with Crippen LogP contribution in [0.4, 0.5) is 0 Å². The van der Waals surface area contributed by atoms with Gasteiger partial charge in [-0.25, -0.2) is 0 Å². The lowest BCUT2D eigenvalue weighted by molar-refractivity contribution is -0.123. The molecule has 2 rings (SSSR count). The van der Waals surface area contributed by atoms with Gasteiger partial charge in [-0.15, -0.1) is 0 Å². The molecule has 0 unspecified atom stereocenters. The van der Waals surface area contributed by atoms with E-state index in [1.54, 1.807) is 42.5 Å². The molecule has 2 aromatic carbocycles. The minimum absolute atomic E-state index is 0.186. The molecule has 0 aliphatic carbocycles. The normalized spacial score (nSPS) is 11.4. The highest BCUT2D eigenvalue weighted by Crippen LogP contribution is 2.26. The van der Waals surface area contributed by atoms with Crippen LogP contribution in [-0.4, -0.2) is 12.5 Å². The molecule has 0 saturated heterocycles. The fourth-order valence-corrected chi connectivity index (χ4v) is 2.61. The molecule has 0 aliphatic rings. The number of para-hydroxylation sites is 1. The molecule has 0 spiro atoms. The highest BCUT2D eigenvalue weighted by molar-refractivity contribution is 6.35. The highest BCUT2D eigenvalue weighted by atomic mass is 35.5. The van der Waals surface area contributed by atoms with Gasteiger partial charge >= 0.3 is 0 Å². The van der Waals surface area contributed by atoms with Crippen molar-refractivity contribution in [3.63, 3.8) is 0 Å². The molecule has 0 radical (unpaired) electrons. The molecule has 0 aromatic heterocycles. The number of amides is 1. The Bertz CT molecular complexity index is 756. The Hall–Kier alpha value is -2.22. The van der Waals surface area contributed by atoms with Gasteiger partial charge in [-0.2, -0.15) is 5.26 Å². The fourth-order valence-electron chi connectivity index (χ4n) is 2.04. The highest BCUT2D eigenvalue weighted by Gasteiger charge is 2.14. The van der Waals surface area contributed by atoms with E-state index in [1.165, 1.54) is 0 Å². The van der Waals surface area contributed by atoms with E-state index in [0.717, 1.165) is 5.56 Å². The van der Waals surface area contributed by atoms with Gasteiger partial charge < -0.3 is 10.1 Å². The summed E-state index contributed by atoms with van der Waals surface area (Å²) in [6, 6.07) is 13.6. The van der Waals surface area contributed by atoms with Crippen molar-refractivity contribution < 1.29 is 9.53 Å². The van der Waals surface area contributed by atoms with E-state index < -0.39 is 0 Å².